The Bertz CT molecular complexity index is 812. The van der Waals surface area contributed by atoms with Crippen LogP contribution in [0.1, 0.15) is 23.7 Å². The molecule has 1 saturated heterocycles. The van der Waals surface area contributed by atoms with Gasteiger partial charge in [-0.3, -0.25) is 4.90 Å². The second kappa shape index (κ2) is 6.26. The molecule has 3 heterocycles. The molecule has 0 bridgehead atoms. The number of rotatable bonds is 4. The summed E-state index contributed by atoms with van der Waals surface area (Å²) in [5.41, 5.74) is 3.14. The first-order valence-electron chi connectivity index (χ1n) is 8.21. The van der Waals surface area contributed by atoms with E-state index in [1.165, 1.54) is 5.56 Å². The van der Waals surface area contributed by atoms with Crippen LogP contribution in [-0.2, 0) is 6.54 Å². The van der Waals surface area contributed by atoms with Gasteiger partial charge in [-0.15, -0.1) is 0 Å². The summed E-state index contributed by atoms with van der Waals surface area (Å²) in [7, 11) is 1.68. The summed E-state index contributed by atoms with van der Waals surface area (Å²) in [5, 5.41) is 10.2. The first-order chi connectivity index (χ1) is 11.7. The van der Waals surface area contributed by atoms with E-state index in [1.54, 1.807) is 7.11 Å². The lowest BCUT2D eigenvalue weighted by molar-refractivity contribution is 0.172. The molecular formula is C19H21N3O2. The Morgan fingerprint density at radius 1 is 1.25 bits per heavy atom. The number of nitrogens with zero attached hydrogens (tertiary/aromatic N) is 3. The number of hydrogen-bond acceptors (Lipinski definition) is 4. The highest BCUT2D eigenvalue weighted by atomic mass is 16.5. The molecule has 2 atom stereocenters. The average molecular weight is 323 g/mol. The molecule has 1 aromatic carbocycles. The fraction of sp³-hybridized carbons (Fsp3) is 0.316. The normalized spacial score (nSPS) is 21.4. The largest absolute Gasteiger partial charge is 0.497 e. The molecular weight excluding hydrogens is 302 g/mol. The molecule has 1 aliphatic heterocycles. The maximum Gasteiger partial charge on any atom is 0.137 e. The van der Waals surface area contributed by atoms with E-state index < -0.39 is 0 Å². The van der Waals surface area contributed by atoms with Gasteiger partial charge in [0.25, 0.3) is 0 Å². The van der Waals surface area contributed by atoms with Crippen molar-refractivity contribution in [3.05, 3.63) is 66.1 Å². The fourth-order valence-corrected chi connectivity index (χ4v) is 3.52. The van der Waals surface area contributed by atoms with E-state index in [2.05, 4.69) is 28.2 Å². The second-order valence-corrected chi connectivity index (χ2v) is 6.31. The number of hydrogen-bond donors (Lipinski definition) is 1. The van der Waals surface area contributed by atoms with Gasteiger partial charge in [0.2, 0.25) is 0 Å². The number of aliphatic hydroxyl groups excluding tert-OH is 1. The van der Waals surface area contributed by atoms with Crippen LogP contribution in [0.2, 0.25) is 0 Å². The lowest BCUT2D eigenvalue weighted by Gasteiger charge is -2.23. The molecule has 0 spiro atoms. The molecule has 3 aromatic rings. The quantitative estimate of drug-likeness (QED) is 0.802. The van der Waals surface area contributed by atoms with Crippen LogP contribution in [-0.4, -0.2) is 39.1 Å². The molecule has 4 rings (SSSR count). The van der Waals surface area contributed by atoms with Crippen LogP contribution in [0.15, 0.2) is 54.9 Å². The van der Waals surface area contributed by atoms with Crippen molar-refractivity contribution in [1.82, 2.24) is 14.3 Å². The molecule has 0 radical (unpaired) electrons. The molecule has 1 aliphatic rings. The first-order valence-corrected chi connectivity index (χ1v) is 8.21. The van der Waals surface area contributed by atoms with Gasteiger partial charge in [0.1, 0.15) is 11.4 Å². The van der Waals surface area contributed by atoms with E-state index in [-0.39, 0.29) is 12.1 Å². The Morgan fingerprint density at radius 3 is 3.00 bits per heavy atom. The molecule has 0 unspecified atom stereocenters. The highest BCUT2D eigenvalue weighted by molar-refractivity contribution is 5.39. The number of fused-ring (bicyclic) bond motifs is 1. The zero-order valence-electron chi connectivity index (χ0n) is 13.7. The van der Waals surface area contributed by atoms with Gasteiger partial charge in [0.15, 0.2) is 0 Å². The van der Waals surface area contributed by atoms with Crippen molar-refractivity contribution in [2.75, 3.05) is 13.7 Å². The van der Waals surface area contributed by atoms with Crippen LogP contribution >= 0.6 is 0 Å². The molecule has 0 saturated carbocycles. The monoisotopic (exact) mass is 323 g/mol. The number of pyridine rings is 1. The molecule has 1 N–H and O–H groups in total. The fourth-order valence-electron chi connectivity index (χ4n) is 3.52. The van der Waals surface area contributed by atoms with E-state index in [4.69, 9.17) is 4.74 Å². The number of aromatic nitrogens is 2. The topological polar surface area (TPSA) is 50.0 Å². The third-order valence-corrected chi connectivity index (χ3v) is 4.64. The predicted molar refractivity (Wildman–Crippen MR) is 92.0 cm³/mol. The molecule has 24 heavy (non-hydrogen) atoms. The molecule has 124 valence electrons. The van der Waals surface area contributed by atoms with Crippen molar-refractivity contribution in [1.29, 1.82) is 0 Å². The van der Waals surface area contributed by atoms with Crippen LogP contribution in [0, 0.1) is 0 Å². The molecule has 0 amide bonds. The van der Waals surface area contributed by atoms with E-state index in [9.17, 15) is 5.11 Å². The third-order valence-electron chi connectivity index (χ3n) is 4.64. The minimum atomic E-state index is -0.307. The number of likely N-dealkylation sites (tertiary alicyclic amines) is 1. The van der Waals surface area contributed by atoms with Gasteiger partial charge in [-0.05, 0) is 36.2 Å². The number of benzene rings is 1. The summed E-state index contributed by atoms with van der Waals surface area (Å²) in [5.74, 6) is 0.849. The average Bonchev–Trinajstić information content (AvgIpc) is 3.17. The van der Waals surface area contributed by atoms with Gasteiger partial charge < -0.3 is 14.2 Å². The Kier molecular flexibility index (Phi) is 3.96. The molecule has 5 heteroatoms. The maximum atomic E-state index is 10.2. The van der Waals surface area contributed by atoms with Crippen molar-refractivity contribution in [3.8, 4) is 5.75 Å². The number of ether oxygens (including phenoxy) is 1. The summed E-state index contributed by atoms with van der Waals surface area (Å²) >= 11 is 0. The van der Waals surface area contributed by atoms with E-state index in [1.807, 2.05) is 40.9 Å². The van der Waals surface area contributed by atoms with Gasteiger partial charge in [0.05, 0.1) is 18.9 Å². The molecule has 0 aliphatic carbocycles. The molecule has 1 fully saturated rings. The van der Waals surface area contributed by atoms with Crippen LogP contribution in [0.3, 0.4) is 0 Å². The smallest absolute Gasteiger partial charge is 0.137 e. The number of aliphatic hydroxyl groups is 1. The Morgan fingerprint density at radius 2 is 2.17 bits per heavy atom. The highest BCUT2D eigenvalue weighted by Gasteiger charge is 2.32. The zero-order valence-corrected chi connectivity index (χ0v) is 13.7. The van der Waals surface area contributed by atoms with Crippen molar-refractivity contribution < 1.29 is 9.84 Å². The van der Waals surface area contributed by atoms with Crippen LogP contribution < -0.4 is 4.74 Å². The van der Waals surface area contributed by atoms with E-state index >= 15 is 0 Å². The summed E-state index contributed by atoms with van der Waals surface area (Å²) in [6, 6.07) is 14.3. The van der Waals surface area contributed by atoms with Crippen LogP contribution in [0.4, 0.5) is 0 Å². The minimum absolute atomic E-state index is 0.180. The number of imidazole rings is 1. The summed E-state index contributed by atoms with van der Waals surface area (Å²) in [6.07, 6.45) is 4.49. The minimum Gasteiger partial charge on any atom is -0.497 e. The van der Waals surface area contributed by atoms with Gasteiger partial charge >= 0.3 is 0 Å². The van der Waals surface area contributed by atoms with Gasteiger partial charge in [-0.25, -0.2) is 4.98 Å². The van der Waals surface area contributed by atoms with Gasteiger partial charge in [-0.2, -0.15) is 0 Å². The number of β-amino-alcohol motifs (C(OH)–C–C–N with tert-alkyl or cyclic N) is 1. The Labute approximate surface area is 141 Å². The second-order valence-electron chi connectivity index (χ2n) is 6.31. The predicted octanol–water partition coefficient (Wildman–Crippen LogP) is 2.65. The standard InChI is InChI=1S/C19H21N3O2/c1-24-17-6-4-5-14(9-17)18-10-16(23)13-22(18)12-15-11-21-8-3-2-7-19(21)20-15/h2-9,11,16,18,23H,10,12-13H2,1H3/t16-,18-/m1/s1. The van der Waals surface area contributed by atoms with Crippen molar-refractivity contribution in [3.63, 3.8) is 0 Å². The third kappa shape index (κ3) is 2.88. The Hall–Kier alpha value is -2.37. The van der Waals surface area contributed by atoms with Gasteiger partial charge in [-0.1, -0.05) is 18.2 Å². The van der Waals surface area contributed by atoms with E-state index in [0.717, 1.165) is 30.1 Å². The van der Waals surface area contributed by atoms with Crippen LogP contribution in [0.25, 0.3) is 5.65 Å². The summed E-state index contributed by atoms with van der Waals surface area (Å²) < 4.78 is 7.37. The SMILES string of the molecule is COc1cccc([C@H]2C[C@@H](O)CN2Cc2cn3ccccc3n2)c1. The molecule has 5 nitrogen and oxygen atoms in total. The van der Waals surface area contributed by atoms with Crippen molar-refractivity contribution in [2.45, 2.75) is 25.1 Å². The lowest BCUT2D eigenvalue weighted by atomic mass is 10.0. The maximum absolute atomic E-state index is 10.2. The van der Waals surface area contributed by atoms with Crippen molar-refractivity contribution in [2.24, 2.45) is 0 Å². The number of methoxy groups -OCH3 is 1. The van der Waals surface area contributed by atoms with E-state index in [0.29, 0.717) is 6.54 Å². The first kappa shape index (κ1) is 15.2. The van der Waals surface area contributed by atoms with Gasteiger partial charge in [0, 0.05) is 31.5 Å². The summed E-state index contributed by atoms with van der Waals surface area (Å²) in [4.78, 5) is 6.97. The van der Waals surface area contributed by atoms with Crippen molar-refractivity contribution >= 4 is 5.65 Å². The Balaban J connectivity index is 1.60. The van der Waals surface area contributed by atoms with Crippen LogP contribution in [0.5, 0.6) is 5.75 Å². The zero-order chi connectivity index (χ0) is 16.5. The highest BCUT2D eigenvalue weighted by Crippen LogP contribution is 2.34. The lowest BCUT2D eigenvalue weighted by Crippen LogP contribution is -2.24. The molecule has 2 aromatic heterocycles. The summed E-state index contributed by atoms with van der Waals surface area (Å²) in [6.45, 7) is 1.39.